The molecule has 0 saturated heterocycles. The Balaban J connectivity index is 3.71. The summed E-state index contributed by atoms with van der Waals surface area (Å²) in [6.07, 6.45) is 0.272. The van der Waals surface area contributed by atoms with Crippen molar-refractivity contribution >= 4 is 15.7 Å². The maximum absolute atomic E-state index is 11.0. The standard InChI is InChI=1S/C9H18O5Si/c1-7(2)8(10)13-6-15-14-9(3,11-4)12-5/h1,6,15H2,2-5H3. The average Bonchev–Trinajstić information content (AvgIpc) is 2.23. The summed E-state index contributed by atoms with van der Waals surface area (Å²) in [5.41, 5.74) is 0.380. The van der Waals surface area contributed by atoms with Crippen molar-refractivity contribution in [1.82, 2.24) is 0 Å². The highest BCUT2D eigenvalue weighted by Crippen LogP contribution is 2.10. The van der Waals surface area contributed by atoms with E-state index in [9.17, 15) is 4.79 Å². The van der Waals surface area contributed by atoms with Crippen LogP contribution in [0.5, 0.6) is 0 Å². The number of esters is 1. The molecule has 0 fully saturated rings. The quantitative estimate of drug-likeness (QED) is 0.206. The lowest BCUT2D eigenvalue weighted by molar-refractivity contribution is -0.311. The molecule has 0 aromatic carbocycles. The molecular formula is C9H18O5Si. The van der Waals surface area contributed by atoms with E-state index in [-0.39, 0.29) is 6.23 Å². The lowest BCUT2D eigenvalue weighted by Crippen LogP contribution is -2.36. The first-order valence-electron chi connectivity index (χ1n) is 4.52. The molecule has 0 radical (unpaired) electrons. The van der Waals surface area contributed by atoms with Gasteiger partial charge in [-0.1, -0.05) is 6.58 Å². The minimum Gasteiger partial charge on any atom is -0.464 e. The second-order valence-corrected chi connectivity index (χ2v) is 4.14. The number of hydrogen-bond acceptors (Lipinski definition) is 5. The summed E-state index contributed by atoms with van der Waals surface area (Å²) in [7, 11) is 1.94. The molecule has 0 heterocycles. The molecule has 0 atom stereocenters. The molecule has 0 aromatic heterocycles. The van der Waals surface area contributed by atoms with Gasteiger partial charge in [-0.3, -0.25) is 0 Å². The van der Waals surface area contributed by atoms with E-state index in [0.717, 1.165) is 0 Å². The van der Waals surface area contributed by atoms with Crippen LogP contribution >= 0.6 is 0 Å². The third-order valence-electron chi connectivity index (χ3n) is 1.77. The molecule has 0 unspecified atom stereocenters. The summed E-state index contributed by atoms with van der Waals surface area (Å²) in [4.78, 5) is 11.0. The predicted octanol–water partition coefficient (Wildman–Crippen LogP) is 0.130. The van der Waals surface area contributed by atoms with Gasteiger partial charge in [-0.15, -0.1) is 0 Å². The van der Waals surface area contributed by atoms with Crippen LogP contribution in [0.2, 0.25) is 0 Å². The van der Waals surface area contributed by atoms with E-state index >= 15 is 0 Å². The van der Waals surface area contributed by atoms with Gasteiger partial charge >= 0.3 is 5.97 Å². The first-order valence-corrected chi connectivity index (χ1v) is 6.10. The van der Waals surface area contributed by atoms with Gasteiger partial charge in [0.1, 0.15) is 6.23 Å². The zero-order chi connectivity index (χ0) is 11.9. The molecule has 0 saturated carbocycles. The Morgan fingerprint density at radius 2 is 1.93 bits per heavy atom. The number of ether oxygens (including phenoxy) is 3. The van der Waals surface area contributed by atoms with Crippen molar-refractivity contribution in [1.29, 1.82) is 0 Å². The van der Waals surface area contributed by atoms with E-state index in [1.807, 2.05) is 0 Å². The Morgan fingerprint density at radius 1 is 1.40 bits per heavy atom. The van der Waals surface area contributed by atoms with Crippen molar-refractivity contribution in [2.45, 2.75) is 19.8 Å². The number of carbonyl (C=O) groups excluding carboxylic acids is 1. The van der Waals surface area contributed by atoms with Gasteiger partial charge in [-0.05, 0) is 6.92 Å². The highest BCUT2D eigenvalue weighted by Gasteiger charge is 2.22. The zero-order valence-corrected chi connectivity index (χ0v) is 11.1. The molecule has 0 aliphatic rings. The Labute approximate surface area is 92.3 Å². The van der Waals surface area contributed by atoms with Crippen LogP contribution < -0.4 is 0 Å². The maximum Gasteiger partial charge on any atom is 0.332 e. The van der Waals surface area contributed by atoms with Crippen LogP contribution in [0.25, 0.3) is 0 Å². The fraction of sp³-hybridized carbons (Fsp3) is 0.667. The molecule has 0 aromatic rings. The van der Waals surface area contributed by atoms with E-state index in [2.05, 4.69) is 6.58 Å². The average molecular weight is 234 g/mol. The Hall–Kier alpha value is -0.693. The van der Waals surface area contributed by atoms with E-state index in [1.165, 1.54) is 14.2 Å². The van der Waals surface area contributed by atoms with Crippen LogP contribution in [0.15, 0.2) is 12.2 Å². The normalized spacial score (nSPS) is 12.0. The Bertz CT molecular complexity index is 225. The van der Waals surface area contributed by atoms with Gasteiger partial charge < -0.3 is 18.6 Å². The van der Waals surface area contributed by atoms with E-state index in [4.69, 9.17) is 18.6 Å². The highest BCUT2D eigenvalue weighted by molar-refractivity contribution is 6.27. The van der Waals surface area contributed by atoms with Crippen LogP contribution in [-0.2, 0) is 23.4 Å². The van der Waals surface area contributed by atoms with Gasteiger partial charge in [0.2, 0.25) is 9.76 Å². The maximum atomic E-state index is 11.0. The number of rotatable bonds is 7. The molecule has 5 nitrogen and oxygen atoms in total. The Morgan fingerprint density at radius 3 is 2.33 bits per heavy atom. The van der Waals surface area contributed by atoms with Gasteiger partial charge in [0.05, 0.1) is 0 Å². The fourth-order valence-electron chi connectivity index (χ4n) is 0.686. The third kappa shape index (κ3) is 5.68. The molecule has 0 N–H and O–H groups in total. The summed E-state index contributed by atoms with van der Waals surface area (Å²) in [6, 6.07) is 0. The summed E-state index contributed by atoms with van der Waals surface area (Å²) in [5, 5.41) is 0. The van der Waals surface area contributed by atoms with Crippen molar-refractivity contribution < 1.29 is 23.4 Å². The van der Waals surface area contributed by atoms with Crippen LogP contribution in [0, 0.1) is 0 Å². The smallest absolute Gasteiger partial charge is 0.332 e. The highest BCUT2D eigenvalue weighted by atomic mass is 28.2. The molecule has 0 aliphatic carbocycles. The van der Waals surface area contributed by atoms with Gasteiger partial charge in [0.25, 0.3) is 5.97 Å². The lowest BCUT2D eigenvalue weighted by atomic mass is 10.4. The molecule has 0 amide bonds. The predicted molar refractivity (Wildman–Crippen MR) is 57.8 cm³/mol. The minimum absolute atomic E-state index is 0.272. The first-order chi connectivity index (χ1) is 6.95. The van der Waals surface area contributed by atoms with Crippen LogP contribution in [0.4, 0.5) is 0 Å². The minimum atomic E-state index is -1.04. The van der Waals surface area contributed by atoms with Gasteiger partial charge in [-0.2, -0.15) is 0 Å². The summed E-state index contributed by atoms with van der Waals surface area (Å²) >= 11 is 0. The first kappa shape index (κ1) is 14.3. The second kappa shape index (κ2) is 6.73. The van der Waals surface area contributed by atoms with Gasteiger partial charge in [0, 0.05) is 26.7 Å². The summed E-state index contributed by atoms with van der Waals surface area (Å²) in [6.45, 7) is 6.72. The van der Waals surface area contributed by atoms with Gasteiger partial charge in [0.15, 0.2) is 0 Å². The summed E-state index contributed by atoms with van der Waals surface area (Å²) < 4.78 is 20.2. The Kier molecular flexibility index (Phi) is 6.42. The fourth-order valence-corrected chi connectivity index (χ4v) is 1.64. The monoisotopic (exact) mass is 234 g/mol. The molecule has 0 bridgehead atoms. The summed E-state index contributed by atoms with van der Waals surface area (Å²) in [5.74, 6) is -1.44. The van der Waals surface area contributed by atoms with E-state index < -0.39 is 21.7 Å². The molecule has 0 spiro atoms. The molecule has 15 heavy (non-hydrogen) atoms. The van der Waals surface area contributed by atoms with E-state index in [1.54, 1.807) is 13.8 Å². The molecule has 6 heteroatoms. The third-order valence-corrected chi connectivity index (χ3v) is 2.87. The van der Waals surface area contributed by atoms with Crippen LogP contribution in [0.1, 0.15) is 13.8 Å². The number of hydrogen-bond donors (Lipinski definition) is 0. The lowest BCUT2D eigenvalue weighted by Gasteiger charge is -2.26. The van der Waals surface area contributed by atoms with Crippen molar-refractivity contribution in [3.05, 3.63) is 12.2 Å². The largest absolute Gasteiger partial charge is 0.464 e. The van der Waals surface area contributed by atoms with Crippen LogP contribution in [-0.4, -0.2) is 42.2 Å². The number of carbonyl (C=O) groups is 1. The second-order valence-electron chi connectivity index (χ2n) is 3.04. The van der Waals surface area contributed by atoms with Crippen molar-refractivity contribution in [2.24, 2.45) is 0 Å². The van der Waals surface area contributed by atoms with Crippen molar-refractivity contribution in [2.75, 3.05) is 20.4 Å². The van der Waals surface area contributed by atoms with Gasteiger partial charge in [-0.25, -0.2) is 4.79 Å². The number of methoxy groups -OCH3 is 2. The molecular weight excluding hydrogens is 216 g/mol. The zero-order valence-electron chi connectivity index (χ0n) is 9.66. The molecule has 88 valence electrons. The van der Waals surface area contributed by atoms with Crippen LogP contribution in [0.3, 0.4) is 0 Å². The SMILES string of the molecule is C=C(C)C(=O)OC[SiH2]OC(C)(OC)OC. The van der Waals surface area contributed by atoms with E-state index in [0.29, 0.717) is 5.57 Å². The van der Waals surface area contributed by atoms with Crippen molar-refractivity contribution in [3.63, 3.8) is 0 Å². The molecule has 0 rings (SSSR count). The topological polar surface area (TPSA) is 54.0 Å². The molecule has 0 aliphatic heterocycles. The van der Waals surface area contributed by atoms with Crippen molar-refractivity contribution in [3.8, 4) is 0 Å².